The molecule has 0 fully saturated rings. The number of halogens is 1. The Balaban J connectivity index is 2.62. The number of phenolic OH excluding ortho intramolecular Hbond substituents is 1. The number of esters is 1. The van der Waals surface area contributed by atoms with E-state index in [1.165, 1.54) is 13.2 Å². The first kappa shape index (κ1) is 11.1. The van der Waals surface area contributed by atoms with E-state index >= 15 is 0 Å². The smallest absolute Gasteiger partial charge is 0.342 e. The van der Waals surface area contributed by atoms with Gasteiger partial charge < -0.3 is 14.6 Å². The maximum Gasteiger partial charge on any atom is 0.342 e. The van der Waals surface area contributed by atoms with Crippen LogP contribution in [0.15, 0.2) is 12.1 Å². The fraction of sp³-hybridized carbons (Fsp3) is 0.364. The molecule has 1 heterocycles. The predicted molar refractivity (Wildman–Crippen MR) is 58.1 cm³/mol. The molecule has 86 valence electrons. The molecule has 1 aromatic carbocycles. The van der Waals surface area contributed by atoms with E-state index in [0.717, 1.165) is 0 Å². The molecule has 16 heavy (non-hydrogen) atoms. The number of benzene rings is 1. The van der Waals surface area contributed by atoms with Crippen molar-refractivity contribution in [1.29, 1.82) is 0 Å². The van der Waals surface area contributed by atoms with E-state index in [2.05, 4.69) is 0 Å². The molecular weight excluding hydrogens is 232 g/mol. The van der Waals surface area contributed by atoms with Gasteiger partial charge in [0, 0.05) is 6.07 Å². The van der Waals surface area contributed by atoms with E-state index in [-0.39, 0.29) is 11.3 Å². The highest BCUT2D eigenvalue weighted by atomic mass is 35.5. The topological polar surface area (TPSA) is 55.8 Å². The van der Waals surface area contributed by atoms with Crippen LogP contribution in [0.5, 0.6) is 11.5 Å². The summed E-state index contributed by atoms with van der Waals surface area (Å²) < 4.78 is 10.0. The third-order valence-electron chi connectivity index (χ3n) is 2.56. The van der Waals surface area contributed by atoms with Gasteiger partial charge in [0.2, 0.25) is 0 Å². The monoisotopic (exact) mass is 242 g/mol. The molecule has 1 unspecified atom stereocenters. The summed E-state index contributed by atoms with van der Waals surface area (Å²) in [6, 6.07) is 3.00. The Morgan fingerprint density at radius 2 is 2.19 bits per heavy atom. The van der Waals surface area contributed by atoms with Crippen LogP contribution in [0, 0.1) is 0 Å². The zero-order valence-corrected chi connectivity index (χ0v) is 9.62. The molecule has 0 aromatic heterocycles. The molecule has 0 aliphatic carbocycles. The Labute approximate surface area is 97.7 Å². The van der Waals surface area contributed by atoms with E-state index in [0.29, 0.717) is 11.3 Å². The fourth-order valence-electron chi connectivity index (χ4n) is 1.72. The zero-order valence-electron chi connectivity index (χ0n) is 8.86. The minimum absolute atomic E-state index is 0.124. The summed E-state index contributed by atoms with van der Waals surface area (Å²) >= 11 is 6.12. The molecule has 4 nitrogen and oxygen atoms in total. The molecule has 1 N–H and O–H groups in total. The van der Waals surface area contributed by atoms with Crippen LogP contribution in [-0.2, 0) is 4.74 Å². The number of carbonyl (C=O) groups excluding carboxylic acids is 1. The van der Waals surface area contributed by atoms with Crippen molar-refractivity contribution < 1.29 is 19.4 Å². The molecule has 1 aliphatic rings. The molecule has 0 bridgehead atoms. The number of hydrogen-bond donors (Lipinski definition) is 1. The van der Waals surface area contributed by atoms with Crippen molar-refractivity contribution >= 4 is 17.6 Å². The number of methoxy groups -OCH3 is 1. The lowest BCUT2D eigenvalue weighted by Crippen LogP contribution is -2.27. The van der Waals surface area contributed by atoms with Gasteiger partial charge in [0.25, 0.3) is 0 Å². The summed E-state index contributed by atoms with van der Waals surface area (Å²) in [5.41, 5.74) is 0.668. The SMILES string of the molecule is COc1cc(O)c2c(c1)C(Cl)[C@@H](C)OC2=O. The second kappa shape index (κ2) is 3.87. The quantitative estimate of drug-likeness (QED) is 0.606. The van der Waals surface area contributed by atoms with Gasteiger partial charge in [-0.1, -0.05) is 0 Å². The van der Waals surface area contributed by atoms with Gasteiger partial charge in [-0.2, -0.15) is 0 Å². The van der Waals surface area contributed by atoms with Crippen molar-refractivity contribution in [2.45, 2.75) is 18.4 Å². The lowest BCUT2D eigenvalue weighted by Gasteiger charge is -2.27. The Morgan fingerprint density at radius 3 is 2.81 bits per heavy atom. The third kappa shape index (κ3) is 1.59. The highest BCUT2D eigenvalue weighted by Crippen LogP contribution is 2.40. The van der Waals surface area contributed by atoms with Gasteiger partial charge in [-0.3, -0.25) is 0 Å². The molecule has 0 amide bonds. The van der Waals surface area contributed by atoms with Crippen molar-refractivity contribution in [2.24, 2.45) is 0 Å². The number of phenols is 1. The van der Waals surface area contributed by atoms with E-state index in [9.17, 15) is 9.90 Å². The average molecular weight is 243 g/mol. The summed E-state index contributed by atoms with van der Waals surface area (Å²) in [6.07, 6.45) is -0.423. The van der Waals surface area contributed by atoms with Crippen molar-refractivity contribution in [3.63, 3.8) is 0 Å². The number of aromatic hydroxyl groups is 1. The minimum Gasteiger partial charge on any atom is -0.507 e. The molecule has 5 heteroatoms. The van der Waals surface area contributed by atoms with Crippen LogP contribution in [0.1, 0.15) is 28.2 Å². The highest BCUT2D eigenvalue weighted by Gasteiger charge is 2.34. The van der Waals surface area contributed by atoms with Crippen LogP contribution in [0.25, 0.3) is 0 Å². The van der Waals surface area contributed by atoms with Gasteiger partial charge >= 0.3 is 5.97 Å². The highest BCUT2D eigenvalue weighted by molar-refractivity contribution is 6.22. The van der Waals surface area contributed by atoms with Crippen molar-refractivity contribution in [3.8, 4) is 11.5 Å². The minimum atomic E-state index is -0.556. The Hall–Kier alpha value is -1.42. The molecule has 0 saturated carbocycles. The summed E-state index contributed by atoms with van der Waals surface area (Å²) in [4.78, 5) is 11.6. The largest absolute Gasteiger partial charge is 0.507 e. The van der Waals surface area contributed by atoms with Crippen LogP contribution < -0.4 is 4.74 Å². The lowest BCUT2D eigenvalue weighted by molar-refractivity contribution is 0.0284. The Morgan fingerprint density at radius 1 is 1.50 bits per heavy atom. The number of ether oxygens (including phenoxy) is 2. The second-order valence-electron chi connectivity index (χ2n) is 3.62. The standard InChI is InChI=1S/C11H11ClO4/c1-5-10(12)7-3-6(15-2)4-8(13)9(7)11(14)16-5/h3-5,10,13H,1-2H3/t5-,10?/m1/s1. The lowest BCUT2D eigenvalue weighted by atomic mass is 9.97. The number of rotatable bonds is 1. The van der Waals surface area contributed by atoms with Crippen LogP contribution in [0.3, 0.4) is 0 Å². The van der Waals surface area contributed by atoms with Crippen molar-refractivity contribution in [1.82, 2.24) is 0 Å². The summed E-state index contributed by atoms with van der Waals surface area (Å²) in [6.45, 7) is 1.70. The molecule has 1 aromatic rings. The average Bonchev–Trinajstić information content (AvgIpc) is 2.24. The first-order chi connectivity index (χ1) is 7.54. The van der Waals surface area contributed by atoms with Gasteiger partial charge in [-0.15, -0.1) is 11.6 Å². The normalized spacial score (nSPS) is 23.6. The zero-order chi connectivity index (χ0) is 11.9. The predicted octanol–water partition coefficient (Wildman–Crippen LogP) is 2.24. The molecular formula is C11H11ClO4. The van der Waals surface area contributed by atoms with Gasteiger partial charge in [-0.05, 0) is 18.6 Å². The van der Waals surface area contributed by atoms with Crippen LogP contribution in [0.2, 0.25) is 0 Å². The first-order valence-corrected chi connectivity index (χ1v) is 5.24. The Bertz CT molecular complexity index is 444. The van der Waals surface area contributed by atoms with Gasteiger partial charge in [0.15, 0.2) is 0 Å². The van der Waals surface area contributed by atoms with E-state index in [4.69, 9.17) is 21.1 Å². The van der Waals surface area contributed by atoms with Gasteiger partial charge in [0.05, 0.1) is 12.5 Å². The van der Waals surface area contributed by atoms with Crippen LogP contribution in [0.4, 0.5) is 0 Å². The maximum absolute atomic E-state index is 11.6. The van der Waals surface area contributed by atoms with E-state index < -0.39 is 17.5 Å². The summed E-state index contributed by atoms with van der Waals surface area (Å²) in [7, 11) is 1.48. The second-order valence-corrected chi connectivity index (χ2v) is 4.09. The van der Waals surface area contributed by atoms with Crippen LogP contribution in [-0.4, -0.2) is 24.3 Å². The van der Waals surface area contributed by atoms with Gasteiger partial charge in [-0.25, -0.2) is 4.79 Å². The number of cyclic esters (lactones) is 1. The van der Waals surface area contributed by atoms with Crippen molar-refractivity contribution in [2.75, 3.05) is 7.11 Å². The third-order valence-corrected chi connectivity index (χ3v) is 3.15. The molecule has 1 aliphatic heterocycles. The summed E-state index contributed by atoms with van der Waals surface area (Å²) in [5, 5.41) is 9.23. The molecule has 0 radical (unpaired) electrons. The maximum atomic E-state index is 11.6. The number of carbonyl (C=O) groups is 1. The first-order valence-electron chi connectivity index (χ1n) is 4.80. The van der Waals surface area contributed by atoms with Crippen molar-refractivity contribution in [3.05, 3.63) is 23.3 Å². The number of alkyl halides is 1. The van der Waals surface area contributed by atoms with Crippen LogP contribution >= 0.6 is 11.6 Å². The van der Waals surface area contributed by atoms with E-state index in [1.54, 1.807) is 13.0 Å². The summed E-state index contributed by atoms with van der Waals surface area (Å²) in [5.74, 6) is -0.264. The molecule has 0 saturated heterocycles. The van der Waals surface area contributed by atoms with Gasteiger partial charge in [0.1, 0.15) is 23.2 Å². The molecule has 2 atom stereocenters. The number of hydrogen-bond acceptors (Lipinski definition) is 4. The Kier molecular flexibility index (Phi) is 2.68. The van der Waals surface area contributed by atoms with E-state index in [1.807, 2.05) is 0 Å². The molecule has 2 rings (SSSR count). The fourth-order valence-corrected chi connectivity index (χ4v) is 1.94. The number of fused-ring (bicyclic) bond motifs is 1. The molecule has 0 spiro atoms.